The molecular formula is C26H31N7. The zero-order valence-electron chi connectivity index (χ0n) is 19.4. The fourth-order valence-corrected chi connectivity index (χ4v) is 4.38. The summed E-state index contributed by atoms with van der Waals surface area (Å²) in [5.74, 6) is 1.51. The average molecular weight is 442 g/mol. The van der Waals surface area contributed by atoms with Gasteiger partial charge in [0.25, 0.3) is 0 Å². The zero-order valence-corrected chi connectivity index (χ0v) is 19.4. The lowest BCUT2D eigenvalue weighted by Crippen LogP contribution is -2.20. The van der Waals surface area contributed by atoms with Gasteiger partial charge in [-0.05, 0) is 87.3 Å². The van der Waals surface area contributed by atoms with Gasteiger partial charge in [0.05, 0.1) is 5.69 Å². The molecule has 0 spiro atoms. The number of likely N-dealkylation sites (tertiary alicyclic amines) is 1. The van der Waals surface area contributed by atoms with Crippen molar-refractivity contribution in [3.8, 4) is 11.3 Å². The number of fused-ring (bicyclic) bond motifs is 1. The summed E-state index contributed by atoms with van der Waals surface area (Å²) in [5, 5.41) is 8.06. The van der Waals surface area contributed by atoms with Crippen LogP contribution in [0.5, 0.6) is 0 Å². The molecule has 0 aliphatic carbocycles. The second kappa shape index (κ2) is 9.58. The largest absolute Gasteiger partial charge is 0.363 e. The molecule has 33 heavy (non-hydrogen) atoms. The number of nitrogens with zero attached hydrogens (tertiary/aromatic N) is 6. The van der Waals surface area contributed by atoms with E-state index in [0.717, 1.165) is 34.8 Å². The minimum atomic E-state index is 0.585. The smallest absolute Gasteiger partial charge is 0.247 e. The number of hydrogen-bond donors (Lipinski definition) is 1. The third-order valence-corrected chi connectivity index (χ3v) is 6.21. The highest BCUT2D eigenvalue weighted by Crippen LogP contribution is 2.23. The number of aryl methyl sites for hydroxylation is 1. The highest BCUT2D eigenvalue weighted by Gasteiger charge is 2.11. The van der Waals surface area contributed by atoms with E-state index >= 15 is 0 Å². The Balaban J connectivity index is 1.27. The van der Waals surface area contributed by atoms with Gasteiger partial charge in [-0.15, -0.1) is 5.10 Å². The standard InChI is InChI=1S/C26H31N7/c1-31(2)24-15-12-21(19-27-24)23-8-5-9-25-29-26(30-33(23)25)28-22-13-10-20(11-14-22)7-6-18-32-16-3-4-17-32/h5,8-15,19H,3-4,6-7,16-18H2,1-2H3,(H,28,30). The van der Waals surface area contributed by atoms with Gasteiger partial charge in [0.1, 0.15) is 5.82 Å². The average Bonchev–Trinajstić information content (AvgIpc) is 3.49. The van der Waals surface area contributed by atoms with E-state index in [9.17, 15) is 0 Å². The molecule has 0 atom stereocenters. The molecule has 1 fully saturated rings. The quantitative estimate of drug-likeness (QED) is 0.430. The zero-order chi connectivity index (χ0) is 22.6. The number of nitrogens with one attached hydrogen (secondary N) is 1. The summed E-state index contributed by atoms with van der Waals surface area (Å²) in [6.45, 7) is 3.75. The summed E-state index contributed by atoms with van der Waals surface area (Å²) in [4.78, 5) is 13.8. The first-order valence-corrected chi connectivity index (χ1v) is 11.7. The van der Waals surface area contributed by atoms with Crippen molar-refractivity contribution in [1.29, 1.82) is 0 Å². The number of hydrogen-bond acceptors (Lipinski definition) is 6. The molecule has 1 aliphatic heterocycles. The molecule has 4 heterocycles. The van der Waals surface area contributed by atoms with E-state index < -0.39 is 0 Å². The molecule has 3 aromatic heterocycles. The molecule has 0 unspecified atom stereocenters. The molecule has 0 saturated carbocycles. The Morgan fingerprint density at radius 3 is 2.52 bits per heavy atom. The SMILES string of the molecule is CN(C)c1ccc(-c2cccc3nc(Nc4ccc(CCCN5CCCC5)cc4)nn23)cn1. The van der Waals surface area contributed by atoms with Crippen molar-refractivity contribution in [3.05, 3.63) is 66.4 Å². The molecular weight excluding hydrogens is 410 g/mol. The van der Waals surface area contributed by atoms with Crippen molar-refractivity contribution in [2.75, 3.05) is 43.9 Å². The monoisotopic (exact) mass is 441 g/mol. The summed E-state index contributed by atoms with van der Waals surface area (Å²) in [7, 11) is 3.97. The molecule has 0 bridgehead atoms. The molecule has 0 amide bonds. The van der Waals surface area contributed by atoms with Crippen molar-refractivity contribution < 1.29 is 0 Å². The third-order valence-electron chi connectivity index (χ3n) is 6.21. The Hall–Kier alpha value is -3.45. The Morgan fingerprint density at radius 1 is 0.970 bits per heavy atom. The lowest BCUT2D eigenvalue weighted by molar-refractivity contribution is 0.334. The van der Waals surface area contributed by atoms with Gasteiger partial charge in [-0.3, -0.25) is 0 Å². The van der Waals surface area contributed by atoms with Crippen LogP contribution in [0, 0.1) is 0 Å². The van der Waals surface area contributed by atoms with Crippen molar-refractivity contribution >= 4 is 23.1 Å². The Bertz CT molecular complexity index is 1190. The number of benzene rings is 1. The van der Waals surface area contributed by atoms with E-state index in [0.29, 0.717) is 5.95 Å². The maximum Gasteiger partial charge on any atom is 0.247 e. The van der Waals surface area contributed by atoms with Crippen molar-refractivity contribution in [2.24, 2.45) is 0 Å². The summed E-state index contributed by atoms with van der Waals surface area (Å²) < 4.78 is 1.86. The van der Waals surface area contributed by atoms with Crippen LogP contribution in [-0.4, -0.2) is 58.2 Å². The first-order valence-electron chi connectivity index (χ1n) is 11.7. The lowest BCUT2D eigenvalue weighted by Gasteiger charge is -2.14. The van der Waals surface area contributed by atoms with Crippen molar-refractivity contribution in [1.82, 2.24) is 24.5 Å². The lowest BCUT2D eigenvalue weighted by atomic mass is 10.1. The molecule has 4 aromatic rings. The van der Waals surface area contributed by atoms with Gasteiger partial charge < -0.3 is 15.1 Å². The van der Waals surface area contributed by atoms with E-state index in [1.165, 1.54) is 44.5 Å². The van der Waals surface area contributed by atoms with Gasteiger partial charge in [-0.2, -0.15) is 4.98 Å². The maximum absolute atomic E-state index is 4.71. The minimum absolute atomic E-state index is 0.585. The Morgan fingerprint density at radius 2 is 1.79 bits per heavy atom. The highest BCUT2D eigenvalue weighted by molar-refractivity contribution is 5.65. The summed E-state index contributed by atoms with van der Waals surface area (Å²) >= 11 is 0. The highest BCUT2D eigenvalue weighted by atomic mass is 15.4. The second-order valence-corrected chi connectivity index (χ2v) is 8.89. The van der Waals surface area contributed by atoms with Gasteiger partial charge >= 0.3 is 0 Å². The van der Waals surface area contributed by atoms with E-state index in [-0.39, 0.29) is 0 Å². The van der Waals surface area contributed by atoms with Gasteiger partial charge in [0.15, 0.2) is 5.65 Å². The fraction of sp³-hybridized carbons (Fsp3) is 0.346. The van der Waals surface area contributed by atoms with Gasteiger partial charge in [-0.25, -0.2) is 9.50 Å². The van der Waals surface area contributed by atoms with Crippen LogP contribution in [0.4, 0.5) is 17.5 Å². The van der Waals surface area contributed by atoms with Crippen molar-refractivity contribution in [2.45, 2.75) is 25.7 Å². The molecule has 170 valence electrons. The Labute approximate surface area is 195 Å². The number of anilines is 3. The predicted molar refractivity (Wildman–Crippen MR) is 134 cm³/mol. The van der Waals surface area contributed by atoms with Crippen LogP contribution in [0.1, 0.15) is 24.8 Å². The van der Waals surface area contributed by atoms with E-state index in [2.05, 4.69) is 50.5 Å². The second-order valence-electron chi connectivity index (χ2n) is 8.89. The molecule has 7 nitrogen and oxygen atoms in total. The van der Waals surface area contributed by atoms with Crippen LogP contribution in [0.15, 0.2) is 60.8 Å². The first-order chi connectivity index (χ1) is 16.2. The van der Waals surface area contributed by atoms with Crippen molar-refractivity contribution in [3.63, 3.8) is 0 Å². The van der Waals surface area contributed by atoms with Gasteiger partial charge in [-0.1, -0.05) is 18.2 Å². The van der Waals surface area contributed by atoms with Crippen LogP contribution in [0.2, 0.25) is 0 Å². The molecule has 1 N–H and O–H groups in total. The minimum Gasteiger partial charge on any atom is -0.363 e. The number of aromatic nitrogens is 4. The van der Waals surface area contributed by atoms with Crippen LogP contribution in [0.25, 0.3) is 16.9 Å². The van der Waals surface area contributed by atoms with Crippen LogP contribution < -0.4 is 10.2 Å². The topological polar surface area (TPSA) is 61.6 Å². The van der Waals surface area contributed by atoms with Crippen LogP contribution >= 0.6 is 0 Å². The van der Waals surface area contributed by atoms with Crippen LogP contribution in [-0.2, 0) is 6.42 Å². The van der Waals surface area contributed by atoms with Gasteiger partial charge in [0.2, 0.25) is 5.95 Å². The normalized spacial score (nSPS) is 14.1. The Kier molecular flexibility index (Phi) is 6.21. The summed E-state index contributed by atoms with van der Waals surface area (Å²) in [5.41, 5.74) is 5.12. The maximum atomic E-state index is 4.71. The summed E-state index contributed by atoms with van der Waals surface area (Å²) in [6, 6.07) is 18.7. The first kappa shape index (κ1) is 21.4. The van der Waals surface area contributed by atoms with E-state index in [1.54, 1.807) is 0 Å². The molecule has 1 saturated heterocycles. The fourth-order valence-electron chi connectivity index (χ4n) is 4.38. The molecule has 1 aromatic carbocycles. The molecule has 7 heteroatoms. The van der Waals surface area contributed by atoms with Crippen LogP contribution in [0.3, 0.4) is 0 Å². The number of rotatable bonds is 8. The third kappa shape index (κ3) is 4.98. The van der Waals surface area contributed by atoms with E-state index in [1.807, 2.05) is 54.0 Å². The molecule has 1 aliphatic rings. The summed E-state index contributed by atoms with van der Waals surface area (Å²) in [6.07, 6.45) is 6.93. The molecule has 5 rings (SSSR count). The van der Waals surface area contributed by atoms with E-state index in [4.69, 9.17) is 5.10 Å². The molecule has 0 radical (unpaired) electrons. The van der Waals surface area contributed by atoms with Gasteiger partial charge in [0, 0.05) is 31.5 Å². The number of pyridine rings is 2. The predicted octanol–water partition coefficient (Wildman–Crippen LogP) is 4.63.